The molecule has 0 amide bonds. The maximum atomic E-state index is 4.14. The van der Waals surface area contributed by atoms with Gasteiger partial charge in [0.15, 0.2) is 5.82 Å². The van der Waals surface area contributed by atoms with Crippen molar-refractivity contribution in [3.63, 3.8) is 0 Å². The number of tetrazole rings is 1. The van der Waals surface area contributed by atoms with Crippen LogP contribution in [0, 0.1) is 0 Å². The summed E-state index contributed by atoms with van der Waals surface area (Å²) in [5.41, 5.74) is 1.23. The molecule has 5 heteroatoms. The number of rotatable bonds is 4. The van der Waals surface area contributed by atoms with Gasteiger partial charge in [-0.3, -0.25) is 0 Å². The summed E-state index contributed by atoms with van der Waals surface area (Å²) in [6.07, 6.45) is 3.39. The first-order valence-corrected chi connectivity index (χ1v) is 6.44. The average Bonchev–Trinajstić information content (AvgIpc) is 3.04. The van der Waals surface area contributed by atoms with E-state index < -0.39 is 0 Å². The normalized spacial score (nSPS) is 19.2. The first-order valence-electron chi connectivity index (χ1n) is 6.44. The van der Waals surface area contributed by atoms with Crippen molar-refractivity contribution in [1.82, 2.24) is 25.5 Å². The van der Waals surface area contributed by atoms with Crippen LogP contribution in [0.25, 0.3) is 0 Å². The molecule has 0 saturated carbocycles. The number of benzene rings is 1. The second-order valence-corrected chi connectivity index (χ2v) is 4.74. The molecule has 1 N–H and O–H groups in total. The number of hydrogen-bond donors (Lipinski definition) is 1. The highest BCUT2D eigenvalue weighted by Gasteiger charge is 2.18. The number of nitrogens with zero attached hydrogens (tertiary/aromatic N) is 4. The van der Waals surface area contributed by atoms with Gasteiger partial charge in [-0.1, -0.05) is 30.3 Å². The predicted molar refractivity (Wildman–Crippen MR) is 68.1 cm³/mol. The Balaban J connectivity index is 1.71. The topological polar surface area (TPSA) is 55.6 Å². The van der Waals surface area contributed by atoms with Gasteiger partial charge < -0.3 is 5.32 Å². The maximum Gasteiger partial charge on any atom is 0.153 e. The Morgan fingerprint density at radius 2 is 2.17 bits per heavy atom. The number of aromatic nitrogens is 4. The Morgan fingerprint density at radius 3 is 2.94 bits per heavy atom. The minimum Gasteiger partial charge on any atom is -0.314 e. The van der Waals surface area contributed by atoms with Crippen LogP contribution in [0.3, 0.4) is 0 Å². The lowest BCUT2D eigenvalue weighted by Gasteiger charge is -2.09. The van der Waals surface area contributed by atoms with Gasteiger partial charge >= 0.3 is 0 Å². The zero-order valence-electron chi connectivity index (χ0n) is 10.3. The number of nitrogens with one attached hydrogen (secondary N) is 1. The molecule has 1 aliphatic rings. The lowest BCUT2D eigenvalue weighted by Crippen LogP contribution is -2.25. The van der Waals surface area contributed by atoms with Crippen molar-refractivity contribution in [3.8, 4) is 0 Å². The van der Waals surface area contributed by atoms with Gasteiger partial charge in [-0.05, 0) is 35.4 Å². The van der Waals surface area contributed by atoms with Crippen LogP contribution in [-0.2, 0) is 13.0 Å². The van der Waals surface area contributed by atoms with Crippen molar-refractivity contribution in [2.24, 2.45) is 0 Å². The Bertz CT molecular complexity index is 487. The van der Waals surface area contributed by atoms with Gasteiger partial charge in [0.25, 0.3) is 0 Å². The molecule has 5 nitrogen and oxygen atoms in total. The smallest absolute Gasteiger partial charge is 0.153 e. The third-order valence-electron chi connectivity index (χ3n) is 3.37. The van der Waals surface area contributed by atoms with E-state index >= 15 is 0 Å². The molecule has 0 spiro atoms. The van der Waals surface area contributed by atoms with Crippen molar-refractivity contribution in [3.05, 3.63) is 41.7 Å². The molecule has 1 aliphatic heterocycles. The van der Waals surface area contributed by atoms with Crippen LogP contribution in [-0.4, -0.2) is 32.8 Å². The molecule has 3 rings (SSSR count). The fraction of sp³-hybridized carbons (Fsp3) is 0.462. The van der Waals surface area contributed by atoms with Crippen LogP contribution in [0.5, 0.6) is 0 Å². The SMILES string of the molecule is c1ccc(Cn2nnnc2CC2CCCN2)cc1. The van der Waals surface area contributed by atoms with Crippen molar-refractivity contribution in [2.75, 3.05) is 6.54 Å². The first kappa shape index (κ1) is 11.3. The van der Waals surface area contributed by atoms with E-state index in [1.54, 1.807) is 0 Å². The standard InChI is InChI=1S/C13H17N5/c1-2-5-11(6-3-1)10-18-13(15-16-17-18)9-12-7-4-8-14-12/h1-3,5-6,12,14H,4,7-10H2. The van der Waals surface area contributed by atoms with Crippen LogP contribution in [0.2, 0.25) is 0 Å². The van der Waals surface area contributed by atoms with Crippen LogP contribution in [0.4, 0.5) is 0 Å². The highest BCUT2D eigenvalue weighted by molar-refractivity contribution is 5.15. The number of hydrogen-bond acceptors (Lipinski definition) is 4. The van der Waals surface area contributed by atoms with Gasteiger partial charge in [-0.15, -0.1) is 5.10 Å². The van der Waals surface area contributed by atoms with E-state index in [4.69, 9.17) is 0 Å². The highest BCUT2D eigenvalue weighted by Crippen LogP contribution is 2.11. The van der Waals surface area contributed by atoms with Crippen molar-refractivity contribution >= 4 is 0 Å². The quantitative estimate of drug-likeness (QED) is 0.871. The predicted octanol–water partition coefficient (Wildman–Crippen LogP) is 1.02. The molecule has 1 aromatic heterocycles. The fourth-order valence-corrected chi connectivity index (χ4v) is 2.40. The van der Waals surface area contributed by atoms with Crippen molar-refractivity contribution in [2.45, 2.75) is 31.8 Å². The molecule has 1 unspecified atom stereocenters. The van der Waals surface area contributed by atoms with Crippen LogP contribution < -0.4 is 5.32 Å². The van der Waals surface area contributed by atoms with E-state index in [0.29, 0.717) is 6.04 Å². The van der Waals surface area contributed by atoms with E-state index in [0.717, 1.165) is 25.3 Å². The minimum atomic E-state index is 0.533. The molecule has 94 valence electrons. The summed E-state index contributed by atoms with van der Waals surface area (Å²) >= 11 is 0. The summed E-state index contributed by atoms with van der Waals surface area (Å²) in [5.74, 6) is 0.971. The summed E-state index contributed by atoms with van der Waals surface area (Å²) < 4.78 is 1.90. The highest BCUT2D eigenvalue weighted by atomic mass is 15.5. The van der Waals surface area contributed by atoms with Gasteiger partial charge in [0.1, 0.15) is 0 Å². The zero-order chi connectivity index (χ0) is 12.2. The molecule has 0 bridgehead atoms. The maximum absolute atomic E-state index is 4.14. The summed E-state index contributed by atoms with van der Waals surface area (Å²) in [6.45, 7) is 1.86. The third kappa shape index (κ3) is 2.56. The second kappa shape index (κ2) is 5.27. The van der Waals surface area contributed by atoms with Gasteiger partial charge in [0.05, 0.1) is 6.54 Å². The third-order valence-corrected chi connectivity index (χ3v) is 3.37. The summed E-state index contributed by atoms with van der Waals surface area (Å²) in [5, 5.41) is 15.5. The molecular weight excluding hydrogens is 226 g/mol. The van der Waals surface area contributed by atoms with Gasteiger partial charge in [0, 0.05) is 12.5 Å². The lowest BCUT2D eigenvalue weighted by atomic mass is 10.1. The second-order valence-electron chi connectivity index (χ2n) is 4.74. The van der Waals surface area contributed by atoms with Crippen molar-refractivity contribution in [1.29, 1.82) is 0 Å². The molecule has 1 fully saturated rings. The van der Waals surface area contributed by atoms with E-state index in [9.17, 15) is 0 Å². The Hall–Kier alpha value is -1.75. The Morgan fingerprint density at radius 1 is 1.28 bits per heavy atom. The van der Waals surface area contributed by atoms with Crippen LogP contribution in [0.15, 0.2) is 30.3 Å². The molecular formula is C13H17N5. The van der Waals surface area contributed by atoms with E-state index in [2.05, 4.69) is 33.0 Å². The van der Waals surface area contributed by atoms with Gasteiger partial charge in [0.2, 0.25) is 0 Å². The molecule has 1 aromatic carbocycles. The largest absolute Gasteiger partial charge is 0.314 e. The Kier molecular flexibility index (Phi) is 3.32. The molecule has 2 heterocycles. The van der Waals surface area contributed by atoms with Gasteiger partial charge in [-0.2, -0.15) is 0 Å². The van der Waals surface area contributed by atoms with Crippen LogP contribution in [0.1, 0.15) is 24.2 Å². The monoisotopic (exact) mass is 243 g/mol. The zero-order valence-corrected chi connectivity index (χ0v) is 10.3. The molecule has 0 aliphatic carbocycles. The molecule has 2 aromatic rings. The van der Waals surface area contributed by atoms with E-state index in [-0.39, 0.29) is 0 Å². The minimum absolute atomic E-state index is 0.533. The average molecular weight is 243 g/mol. The van der Waals surface area contributed by atoms with Crippen molar-refractivity contribution < 1.29 is 0 Å². The summed E-state index contributed by atoms with van der Waals surface area (Å²) in [7, 11) is 0. The first-order chi connectivity index (χ1) is 8.92. The lowest BCUT2D eigenvalue weighted by molar-refractivity contribution is 0.546. The molecule has 1 atom stereocenters. The van der Waals surface area contributed by atoms with Gasteiger partial charge in [-0.25, -0.2) is 4.68 Å². The molecule has 0 radical (unpaired) electrons. The van der Waals surface area contributed by atoms with E-state index in [1.165, 1.54) is 18.4 Å². The van der Waals surface area contributed by atoms with E-state index in [1.807, 2.05) is 22.9 Å². The Labute approximate surface area is 106 Å². The molecule has 18 heavy (non-hydrogen) atoms. The molecule has 1 saturated heterocycles. The summed E-state index contributed by atoms with van der Waals surface area (Å²) in [6, 6.07) is 10.8. The summed E-state index contributed by atoms with van der Waals surface area (Å²) in [4.78, 5) is 0. The van der Waals surface area contributed by atoms with Crippen LogP contribution >= 0.6 is 0 Å². The fourth-order valence-electron chi connectivity index (χ4n) is 2.40.